The molecule has 3 aromatic heterocycles. The monoisotopic (exact) mass is 506 g/mol. The molecule has 3 aromatic rings. The number of rotatable bonds is 8. The maximum atomic E-state index is 13.0. The Balaban J connectivity index is 1.90. The quantitative estimate of drug-likeness (QED) is 0.273. The van der Waals surface area contributed by atoms with Gasteiger partial charge in [0.25, 0.3) is 0 Å². The van der Waals surface area contributed by atoms with Crippen molar-refractivity contribution in [1.82, 2.24) is 25.1 Å². The molecule has 3 rings (SSSR count). The Kier molecular flexibility index (Phi) is 6.65. The molecule has 7 nitrogen and oxygen atoms in total. The van der Waals surface area contributed by atoms with Crippen LogP contribution in [0.2, 0.25) is 0 Å². The van der Waals surface area contributed by atoms with E-state index in [4.69, 9.17) is 4.74 Å². The molecule has 0 saturated heterocycles. The second-order valence-corrected chi connectivity index (χ2v) is 7.05. The number of H-pyrrole nitrogens is 1. The van der Waals surface area contributed by atoms with Gasteiger partial charge in [0.1, 0.15) is 23.5 Å². The summed E-state index contributed by atoms with van der Waals surface area (Å²) in [6.07, 6.45) is -2.90. The van der Waals surface area contributed by atoms with E-state index in [0.717, 1.165) is 28.9 Å². The summed E-state index contributed by atoms with van der Waals surface area (Å²) in [5, 5.41) is 10.8. The second kappa shape index (κ2) is 8.99. The minimum Gasteiger partial charge on any atom is -0.381 e. The van der Waals surface area contributed by atoms with Crippen molar-refractivity contribution in [2.75, 3.05) is 29.5 Å². The van der Waals surface area contributed by atoms with Gasteiger partial charge in [-0.25, -0.2) is 15.0 Å². The molecule has 11 heteroatoms. The molecule has 0 fully saturated rings. The summed E-state index contributed by atoms with van der Waals surface area (Å²) in [5.41, 5.74) is 0.769. The number of hydrogen-bond acceptors (Lipinski definition) is 6. The smallest absolute Gasteiger partial charge is 0.381 e. The lowest BCUT2D eigenvalue weighted by Gasteiger charge is -2.10. The van der Waals surface area contributed by atoms with Gasteiger partial charge < -0.3 is 10.1 Å². The van der Waals surface area contributed by atoms with Crippen LogP contribution in [-0.4, -0.2) is 49.3 Å². The van der Waals surface area contributed by atoms with Crippen LogP contribution in [0.25, 0.3) is 22.3 Å². The van der Waals surface area contributed by atoms with E-state index in [2.05, 4.69) is 53.1 Å². The largest absolute Gasteiger partial charge is 0.433 e. The van der Waals surface area contributed by atoms with Crippen molar-refractivity contribution in [3.63, 3.8) is 0 Å². The van der Waals surface area contributed by atoms with Crippen LogP contribution in [0.3, 0.4) is 0 Å². The van der Waals surface area contributed by atoms with Crippen molar-refractivity contribution in [1.29, 1.82) is 0 Å². The SMILES string of the molecule is Cc1cc2[nH]nc(-c3cc(C(F)(F)F)ncn3)c2c(NCCCOCCI)n1. The van der Waals surface area contributed by atoms with Gasteiger partial charge in [0.15, 0.2) is 0 Å². The van der Waals surface area contributed by atoms with Crippen LogP contribution in [0.4, 0.5) is 19.0 Å². The van der Waals surface area contributed by atoms with Crippen molar-refractivity contribution >= 4 is 39.3 Å². The fourth-order valence-electron chi connectivity index (χ4n) is 2.67. The van der Waals surface area contributed by atoms with Crippen LogP contribution < -0.4 is 5.32 Å². The molecule has 0 radical (unpaired) electrons. The molecule has 0 saturated carbocycles. The fraction of sp³-hybridized carbons (Fsp3) is 0.412. The Hall–Kier alpha value is -2.02. The Morgan fingerprint density at radius 1 is 1.21 bits per heavy atom. The number of pyridine rings is 1. The average Bonchev–Trinajstić information content (AvgIpc) is 3.07. The van der Waals surface area contributed by atoms with Crippen molar-refractivity contribution in [2.24, 2.45) is 0 Å². The highest BCUT2D eigenvalue weighted by molar-refractivity contribution is 14.1. The lowest BCUT2D eigenvalue weighted by Crippen LogP contribution is -2.09. The summed E-state index contributed by atoms with van der Waals surface area (Å²) in [5.74, 6) is 0.541. The number of aromatic nitrogens is 5. The number of nitrogens with one attached hydrogen (secondary N) is 2. The predicted octanol–water partition coefficient (Wildman–Crippen LogP) is 4.00. The molecule has 0 aliphatic rings. The van der Waals surface area contributed by atoms with Crippen molar-refractivity contribution < 1.29 is 17.9 Å². The van der Waals surface area contributed by atoms with Gasteiger partial charge >= 0.3 is 6.18 Å². The third-order valence-electron chi connectivity index (χ3n) is 3.85. The zero-order valence-electron chi connectivity index (χ0n) is 15.0. The van der Waals surface area contributed by atoms with Gasteiger partial charge in [-0.1, -0.05) is 22.6 Å². The Morgan fingerprint density at radius 2 is 2.04 bits per heavy atom. The van der Waals surface area contributed by atoms with E-state index >= 15 is 0 Å². The number of aromatic amines is 1. The number of hydrogen-bond donors (Lipinski definition) is 2. The second-order valence-electron chi connectivity index (χ2n) is 5.97. The molecule has 0 unspecified atom stereocenters. The molecule has 28 heavy (non-hydrogen) atoms. The summed E-state index contributed by atoms with van der Waals surface area (Å²) >= 11 is 2.24. The Morgan fingerprint density at radius 3 is 2.79 bits per heavy atom. The first-order valence-electron chi connectivity index (χ1n) is 8.53. The molecule has 0 atom stereocenters. The molecule has 0 aliphatic carbocycles. The van der Waals surface area contributed by atoms with Gasteiger partial charge in [-0.05, 0) is 25.5 Å². The number of alkyl halides is 4. The summed E-state index contributed by atoms with van der Waals surface area (Å²) < 4.78 is 45.4. The molecule has 0 aliphatic heterocycles. The predicted molar refractivity (Wildman–Crippen MR) is 107 cm³/mol. The zero-order chi connectivity index (χ0) is 20.1. The van der Waals surface area contributed by atoms with Gasteiger partial charge in [0.2, 0.25) is 0 Å². The lowest BCUT2D eigenvalue weighted by atomic mass is 10.1. The molecular formula is C17H18F3IN6O. The van der Waals surface area contributed by atoms with Crippen LogP contribution in [0.1, 0.15) is 17.8 Å². The van der Waals surface area contributed by atoms with Gasteiger partial charge in [0.05, 0.1) is 23.2 Å². The molecule has 3 heterocycles. The minimum atomic E-state index is -4.56. The van der Waals surface area contributed by atoms with Crippen molar-refractivity contribution in [3.05, 3.63) is 29.8 Å². The van der Waals surface area contributed by atoms with Crippen LogP contribution in [0.5, 0.6) is 0 Å². The van der Waals surface area contributed by atoms with Gasteiger partial charge in [-0.15, -0.1) is 0 Å². The molecule has 0 amide bonds. The average molecular weight is 506 g/mol. The van der Waals surface area contributed by atoms with Crippen LogP contribution >= 0.6 is 22.6 Å². The fourth-order valence-corrected chi connectivity index (χ4v) is 2.98. The van der Waals surface area contributed by atoms with E-state index in [1.807, 2.05) is 6.92 Å². The molecular weight excluding hydrogens is 488 g/mol. The number of nitrogens with zero attached hydrogens (tertiary/aromatic N) is 4. The van der Waals surface area contributed by atoms with Crippen LogP contribution in [-0.2, 0) is 10.9 Å². The van der Waals surface area contributed by atoms with Gasteiger partial charge in [-0.2, -0.15) is 18.3 Å². The van der Waals surface area contributed by atoms with Gasteiger partial charge in [-0.3, -0.25) is 5.10 Å². The van der Waals surface area contributed by atoms with E-state index in [1.165, 1.54) is 0 Å². The Labute approximate surface area is 172 Å². The summed E-state index contributed by atoms with van der Waals surface area (Å²) in [4.78, 5) is 11.8. The topological polar surface area (TPSA) is 88.6 Å². The highest BCUT2D eigenvalue weighted by Crippen LogP contribution is 2.33. The zero-order valence-corrected chi connectivity index (χ0v) is 17.1. The Bertz CT molecular complexity index is 946. The molecule has 0 aromatic carbocycles. The first kappa shape index (κ1) is 20.7. The van der Waals surface area contributed by atoms with E-state index in [-0.39, 0.29) is 5.69 Å². The number of ether oxygens (including phenoxy) is 1. The van der Waals surface area contributed by atoms with Crippen LogP contribution in [0.15, 0.2) is 18.5 Å². The third-order valence-corrected chi connectivity index (χ3v) is 4.29. The van der Waals surface area contributed by atoms with Crippen LogP contribution in [0, 0.1) is 6.92 Å². The number of aryl methyl sites for hydroxylation is 1. The maximum absolute atomic E-state index is 13.0. The summed E-state index contributed by atoms with van der Waals surface area (Å²) in [6.45, 7) is 3.76. The van der Waals surface area contributed by atoms with Gasteiger partial charge in [0, 0.05) is 23.3 Å². The molecule has 0 bridgehead atoms. The van der Waals surface area contributed by atoms with Crippen molar-refractivity contribution in [3.8, 4) is 11.4 Å². The molecule has 2 N–H and O–H groups in total. The normalized spacial score (nSPS) is 11.9. The van der Waals surface area contributed by atoms with E-state index in [0.29, 0.717) is 42.2 Å². The molecule has 0 spiro atoms. The molecule has 150 valence electrons. The standard InChI is InChI=1S/C17H18F3IN6O/c1-10-7-11-14(16(25-10)22-4-2-5-28-6-3-21)15(27-26-11)12-8-13(17(18,19)20)24-9-23-12/h7-9H,2-6H2,1H3,(H,22,25)(H,26,27). The highest BCUT2D eigenvalue weighted by Gasteiger charge is 2.33. The minimum absolute atomic E-state index is 0.0765. The number of halogens is 4. The number of fused-ring (bicyclic) bond motifs is 1. The van der Waals surface area contributed by atoms with E-state index in [9.17, 15) is 13.2 Å². The third kappa shape index (κ3) is 4.87. The lowest BCUT2D eigenvalue weighted by molar-refractivity contribution is -0.141. The van der Waals surface area contributed by atoms with E-state index in [1.54, 1.807) is 6.07 Å². The van der Waals surface area contributed by atoms with E-state index < -0.39 is 11.9 Å². The summed E-state index contributed by atoms with van der Waals surface area (Å²) in [6, 6.07) is 2.67. The highest BCUT2D eigenvalue weighted by atomic mass is 127. The maximum Gasteiger partial charge on any atom is 0.433 e. The summed E-state index contributed by atoms with van der Waals surface area (Å²) in [7, 11) is 0. The van der Waals surface area contributed by atoms with Crippen molar-refractivity contribution in [2.45, 2.75) is 19.5 Å². The first-order valence-corrected chi connectivity index (χ1v) is 10.1. The first-order chi connectivity index (χ1) is 13.4. The number of anilines is 1.